The van der Waals surface area contributed by atoms with Gasteiger partial charge in [-0.05, 0) is 11.6 Å². The normalized spacial score (nSPS) is 14.1. The van der Waals surface area contributed by atoms with Gasteiger partial charge in [-0.15, -0.1) is 6.04 Å². The highest BCUT2D eigenvalue weighted by Crippen LogP contribution is 2.28. The molecule has 0 fully saturated rings. The maximum atomic E-state index is 12.1. The fourth-order valence-electron chi connectivity index (χ4n) is 1.01. The van der Waals surface area contributed by atoms with Crippen LogP contribution in [0.3, 0.4) is 0 Å². The summed E-state index contributed by atoms with van der Waals surface area (Å²) >= 11 is 0. The highest BCUT2D eigenvalue weighted by molar-refractivity contribution is 5.20. The van der Waals surface area contributed by atoms with Crippen LogP contribution in [0.25, 0.3) is 5.73 Å². The Morgan fingerprint density at radius 1 is 1.43 bits per heavy atom. The first-order chi connectivity index (χ1) is 6.45. The molecule has 0 saturated carbocycles. The van der Waals surface area contributed by atoms with Gasteiger partial charge in [0.05, 0.1) is 0 Å². The van der Waals surface area contributed by atoms with Gasteiger partial charge in [-0.1, -0.05) is 19.4 Å². The summed E-state index contributed by atoms with van der Waals surface area (Å²) < 4.78 is 36.3. The van der Waals surface area contributed by atoms with E-state index in [0.717, 1.165) is 12.3 Å². The third-order valence-corrected chi connectivity index (χ3v) is 1.89. The highest BCUT2D eigenvalue weighted by Gasteiger charge is 2.31. The standard InChI is InChI=1S/C9H10F3N2/c1-2-7(13)6-3-4-8(14-5-6)9(10,11)12/h3-5,7,13H,2H2,1H3/q-1/t7-/m1/s1. The van der Waals surface area contributed by atoms with Crippen molar-refractivity contribution in [3.05, 3.63) is 35.3 Å². The van der Waals surface area contributed by atoms with Crippen LogP contribution >= 0.6 is 0 Å². The summed E-state index contributed by atoms with van der Waals surface area (Å²) in [7, 11) is 0. The monoisotopic (exact) mass is 203 g/mol. The predicted octanol–water partition coefficient (Wildman–Crippen LogP) is 3.60. The van der Waals surface area contributed by atoms with Crippen LogP contribution in [0.2, 0.25) is 0 Å². The Labute approximate surface area is 79.9 Å². The molecule has 0 amide bonds. The van der Waals surface area contributed by atoms with Crippen molar-refractivity contribution in [2.24, 2.45) is 0 Å². The molecule has 0 bridgehead atoms. The third-order valence-electron chi connectivity index (χ3n) is 1.89. The molecule has 1 aromatic rings. The molecule has 0 unspecified atom stereocenters. The Hall–Kier alpha value is -1.10. The van der Waals surface area contributed by atoms with Crippen LogP contribution in [0, 0.1) is 0 Å². The average molecular weight is 203 g/mol. The summed E-state index contributed by atoms with van der Waals surface area (Å²) in [6.07, 6.45) is -2.72. The van der Waals surface area contributed by atoms with E-state index in [1.807, 2.05) is 0 Å². The predicted molar refractivity (Wildman–Crippen MR) is 46.6 cm³/mol. The van der Waals surface area contributed by atoms with Crippen molar-refractivity contribution < 1.29 is 13.2 Å². The average Bonchev–Trinajstić information content (AvgIpc) is 2.15. The zero-order chi connectivity index (χ0) is 10.8. The molecule has 2 nitrogen and oxygen atoms in total. The van der Waals surface area contributed by atoms with E-state index in [1.165, 1.54) is 6.07 Å². The molecule has 78 valence electrons. The van der Waals surface area contributed by atoms with Gasteiger partial charge in [0, 0.05) is 6.20 Å². The number of nitrogens with zero attached hydrogens (tertiary/aromatic N) is 1. The lowest BCUT2D eigenvalue weighted by atomic mass is 10.1. The second-order valence-corrected chi connectivity index (χ2v) is 2.94. The van der Waals surface area contributed by atoms with Crippen molar-refractivity contribution in [1.29, 1.82) is 0 Å². The Balaban J connectivity index is 2.89. The number of hydrogen-bond acceptors (Lipinski definition) is 1. The number of hydrogen-bond donors (Lipinski definition) is 0. The Morgan fingerprint density at radius 3 is 2.43 bits per heavy atom. The first-order valence-corrected chi connectivity index (χ1v) is 4.19. The van der Waals surface area contributed by atoms with Gasteiger partial charge in [-0.25, -0.2) is 0 Å². The zero-order valence-corrected chi connectivity index (χ0v) is 7.60. The highest BCUT2D eigenvalue weighted by atomic mass is 19.4. The molecule has 1 heterocycles. The Morgan fingerprint density at radius 2 is 2.07 bits per heavy atom. The van der Waals surface area contributed by atoms with Crippen LogP contribution in [0.15, 0.2) is 18.3 Å². The molecule has 1 aromatic heterocycles. The molecule has 1 N–H and O–H groups in total. The quantitative estimate of drug-likeness (QED) is 0.723. The molecule has 1 rings (SSSR count). The van der Waals surface area contributed by atoms with E-state index < -0.39 is 17.9 Å². The number of alkyl halides is 3. The fraction of sp³-hybridized carbons (Fsp3) is 0.444. The van der Waals surface area contributed by atoms with E-state index in [-0.39, 0.29) is 0 Å². The molecule has 0 spiro atoms. The first kappa shape index (κ1) is 11.0. The van der Waals surface area contributed by atoms with E-state index in [4.69, 9.17) is 5.73 Å². The third kappa shape index (κ3) is 2.45. The summed E-state index contributed by atoms with van der Waals surface area (Å²) in [5, 5.41) is 0. The van der Waals surface area contributed by atoms with Crippen LogP contribution in [-0.4, -0.2) is 4.98 Å². The van der Waals surface area contributed by atoms with Crippen molar-refractivity contribution in [3.8, 4) is 0 Å². The van der Waals surface area contributed by atoms with E-state index in [1.54, 1.807) is 6.92 Å². The lowest BCUT2D eigenvalue weighted by molar-refractivity contribution is -0.141. The van der Waals surface area contributed by atoms with Crippen molar-refractivity contribution in [3.63, 3.8) is 0 Å². The second-order valence-electron chi connectivity index (χ2n) is 2.94. The lowest BCUT2D eigenvalue weighted by Gasteiger charge is -2.17. The minimum atomic E-state index is -4.40. The van der Waals surface area contributed by atoms with Crippen LogP contribution in [0.1, 0.15) is 30.6 Å². The molecule has 14 heavy (non-hydrogen) atoms. The number of rotatable bonds is 2. The van der Waals surface area contributed by atoms with Crippen molar-refractivity contribution in [2.45, 2.75) is 25.6 Å². The summed E-state index contributed by atoms with van der Waals surface area (Å²) in [5.74, 6) is 0. The molecule has 1 atom stereocenters. The lowest BCUT2D eigenvalue weighted by Crippen LogP contribution is -2.08. The fourth-order valence-corrected chi connectivity index (χ4v) is 1.01. The van der Waals surface area contributed by atoms with Gasteiger partial charge in [0.1, 0.15) is 5.69 Å². The van der Waals surface area contributed by atoms with Gasteiger partial charge in [-0.2, -0.15) is 13.2 Å². The van der Waals surface area contributed by atoms with E-state index in [0.29, 0.717) is 12.0 Å². The van der Waals surface area contributed by atoms with E-state index >= 15 is 0 Å². The van der Waals surface area contributed by atoms with Crippen LogP contribution in [-0.2, 0) is 6.18 Å². The summed E-state index contributed by atoms with van der Waals surface area (Å²) in [4.78, 5) is 3.27. The first-order valence-electron chi connectivity index (χ1n) is 4.19. The maximum Gasteiger partial charge on any atom is 0.433 e. The van der Waals surface area contributed by atoms with Gasteiger partial charge in [0.25, 0.3) is 0 Å². The van der Waals surface area contributed by atoms with Gasteiger partial charge in [0.15, 0.2) is 0 Å². The van der Waals surface area contributed by atoms with Crippen LogP contribution in [0.4, 0.5) is 13.2 Å². The minimum Gasteiger partial charge on any atom is -0.671 e. The summed E-state index contributed by atoms with van der Waals surface area (Å²) in [6.45, 7) is 1.80. The van der Waals surface area contributed by atoms with Crippen molar-refractivity contribution in [1.82, 2.24) is 4.98 Å². The van der Waals surface area contributed by atoms with Crippen molar-refractivity contribution >= 4 is 0 Å². The smallest absolute Gasteiger partial charge is 0.433 e. The molecule has 0 saturated heterocycles. The number of pyridine rings is 1. The number of nitrogens with one attached hydrogen (secondary N) is 1. The number of aromatic nitrogens is 1. The summed E-state index contributed by atoms with van der Waals surface area (Å²) in [5.41, 5.74) is 7.07. The van der Waals surface area contributed by atoms with Crippen LogP contribution in [0.5, 0.6) is 0 Å². The van der Waals surface area contributed by atoms with Gasteiger partial charge >= 0.3 is 6.18 Å². The second kappa shape index (κ2) is 3.96. The molecule has 0 aliphatic heterocycles. The van der Waals surface area contributed by atoms with Gasteiger partial charge < -0.3 is 5.73 Å². The van der Waals surface area contributed by atoms with E-state index in [2.05, 4.69) is 4.98 Å². The molecule has 5 heteroatoms. The maximum absolute atomic E-state index is 12.1. The SMILES string of the molecule is CC[C@@H]([NH-])c1ccc(C(F)(F)F)nc1. The molecule has 0 radical (unpaired) electrons. The van der Waals surface area contributed by atoms with Gasteiger partial charge in [0.2, 0.25) is 0 Å². The molecule has 0 aromatic carbocycles. The minimum absolute atomic E-state index is 0.496. The van der Waals surface area contributed by atoms with Crippen molar-refractivity contribution in [2.75, 3.05) is 0 Å². The topological polar surface area (TPSA) is 36.7 Å². The molecule has 0 aliphatic rings. The zero-order valence-electron chi connectivity index (χ0n) is 7.60. The largest absolute Gasteiger partial charge is 0.671 e. The van der Waals surface area contributed by atoms with E-state index in [9.17, 15) is 13.2 Å². The Kier molecular flexibility index (Phi) is 3.10. The summed E-state index contributed by atoms with van der Waals surface area (Å²) in [6, 6.07) is 1.72. The molecule has 0 aliphatic carbocycles. The molecular formula is C9H10F3N2-. The number of halogens is 3. The Bertz CT molecular complexity index is 292. The van der Waals surface area contributed by atoms with Crippen LogP contribution < -0.4 is 0 Å². The van der Waals surface area contributed by atoms with Gasteiger partial charge in [-0.3, -0.25) is 4.98 Å². The molecular weight excluding hydrogens is 193 g/mol.